The minimum atomic E-state index is -4.76. The third kappa shape index (κ3) is 12.2. The number of hydrogen-bond donors (Lipinski definition) is 5. The topological polar surface area (TPSA) is 169 Å². The van der Waals surface area contributed by atoms with Gasteiger partial charge >= 0.3 is 8.80 Å². The molecule has 0 aromatic rings. The van der Waals surface area contributed by atoms with Crippen molar-refractivity contribution in [3.8, 4) is 0 Å². The highest BCUT2D eigenvalue weighted by Crippen LogP contribution is 2.10. The van der Waals surface area contributed by atoms with Gasteiger partial charge in [0.15, 0.2) is 14.3 Å². The van der Waals surface area contributed by atoms with Gasteiger partial charge in [-0.2, -0.15) is 8.42 Å². The van der Waals surface area contributed by atoms with Gasteiger partial charge in [-0.3, -0.25) is 9.11 Å². The van der Waals surface area contributed by atoms with Crippen molar-refractivity contribution < 1.29 is 40.3 Å². The highest BCUT2D eigenvalue weighted by atomic mass is 32.4. The lowest BCUT2D eigenvalue weighted by molar-refractivity contribution is 0.220. The molecule has 0 aromatic carbocycles. The second-order valence-electron chi connectivity index (χ2n) is 2.83. The summed E-state index contributed by atoms with van der Waals surface area (Å²) in [6.07, 6.45) is -0.242. The fourth-order valence-electron chi connectivity index (χ4n) is 0.684. The summed E-state index contributed by atoms with van der Waals surface area (Å²) >= 11 is 0. The Kier molecular flexibility index (Phi) is 7.13. The maximum atomic E-state index is 10.3. The van der Waals surface area contributed by atoms with Gasteiger partial charge in [0.05, 0.1) is 0 Å². The Balaban J connectivity index is 0. The molecule has 0 aliphatic rings. The van der Waals surface area contributed by atoms with Crippen LogP contribution in [0, 0.1) is 0 Å². The van der Waals surface area contributed by atoms with Crippen molar-refractivity contribution in [1.82, 2.24) is 0 Å². The van der Waals surface area contributed by atoms with Crippen molar-refractivity contribution in [3.05, 3.63) is 0 Å². The quantitative estimate of drug-likeness (QED) is 0.259. The van der Waals surface area contributed by atoms with E-state index in [1.165, 1.54) is 6.92 Å². The highest BCUT2D eigenvalue weighted by molar-refractivity contribution is 8.07. The number of rotatable bonds is 3. The molecule has 0 aromatic heterocycles. The molecule has 0 bridgehead atoms. The summed E-state index contributed by atoms with van der Waals surface area (Å²) in [5.41, 5.74) is 0. The van der Waals surface area contributed by atoms with E-state index in [0.29, 0.717) is 0 Å². The smallest absolute Gasteiger partial charge is 0.389 e. The zero-order valence-electron chi connectivity index (χ0n) is 8.47. The SMILES string of the molecule is CCC([Si](O)(O)O)S(=O)(=O)O.O=S(=O)(O)[SiH3]. The van der Waals surface area contributed by atoms with Gasteiger partial charge in [-0.25, -0.2) is 8.42 Å². The van der Waals surface area contributed by atoms with E-state index in [4.69, 9.17) is 23.5 Å². The Labute approximate surface area is 96.7 Å². The first-order chi connectivity index (χ1) is 6.69. The van der Waals surface area contributed by atoms with E-state index in [9.17, 15) is 16.8 Å². The van der Waals surface area contributed by atoms with E-state index in [2.05, 4.69) is 0 Å². The molecule has 0 aliphatic heterocycles. The van der Waals surface area contributed by atoms with Crippen LogP contribution in [-0.4, -0.2) is 63.4 Å². The maximum Gasteiger partial charge on any atom is 0.514 e. The van der Waals surface area contributed by atoms with Crippen molar-refractivity contribution in [1.29, 1.82) is 0 Å². The largest absolute Gasteiger partial charge is 0.514 e. The highest BCUT2D eigenvalue weighted by Gasteiger charge is 2.46. The van der Waals surface area contributed by atoms with Crippen LogP contribution in [0.15, 0.2) is 0 Å². The van der Waals surface area contributed by atoms with Crippen LogP contribution in [-0.2, 0) is 19.7 Å². The third-order valence-corrected chi connectivity index (χ3v) is 5.33. The zero-order chi connectivity index (χ0) is 13.8. The van der Waals surface area contributed by atoms with Crippen LogP contribution in [0.3, 0.4) is 0 Å². The van der Waals surface area contributed by atoms with E-state index in [1.54, 1.807) is 0 Å². The molecular formula is C3H14O9S2Si2. The van der Waals surface area contributed by atoms with Crippen LogP contribution in [0.4, 0.5) is 0 Å². The monoisotopic (exact) mass is 314 g/mol. The molecule has 5 N–H and O–H groups in total. The van der Waals surface area contributed by atoms with Gasteiger partial charge in [-0.05, 0) is 6.42 Å². The molecule has 0 heterocycles. The van der Waals surface area contributed by atoms with Gasteiger partial charge < -0.3 is 14.4 Å². The second kappa shape index (κ2) is 6.17. The Morgan fingerprint density at radius 2 is 1.38 bits per heavy atom. The lowest BCUT2D eigenvalue weighted by atomic mass is 10.6. The van der Waals surface area contributed by atoms with E-state index in [-0.39, 0.29) is 15.8 Å². The second-order valence-corrected chi connectivity index (χ2v) is 11.5. The van der Waals surface area contributed by atoms with Gasteiger partial charge in [-0.1, -0.05) is 6.92 Å². The molecule has 0 radical (unpaired) electrons. The summed E-state index contributed by atoms with van der Waals surface area (Å²) in [6.45, 7) is 1.31. The van der Waals surface area contributed by atoms with Gasteiger partial charge in [0.1, 0.15) is 0 Å². The predicted molar refractivity (Wildman–Crippen MR) is 59.5 cm³/mol. The average molecular weight is 314 g/mol. The zero-order valence-corrected chi connectivity index (χ0v) is 13.1. The Hall–Kier alpha value is 0.134. The average Bonchev–Trinajstić information content (AvgIpc) is 1.74. The van der Waals surface area contributed by atoms with Crippen molar-refractivity contribution in [2.75, 3.05) is 0 Å². The minimum absolute atomic E-state index is 0.164. The lowest BCUT2D eigenvalue weighted by Crippen LogP contribution is -2.52. The summed E-state index contributed by atoms with van der Waals surface area (Å²) in [5.74, 6) is 0. The molecule has 0 amide bonds. The molecular weight excluding hydrogens is 300 g/mol. The van der Waals surface area contributed by atoms with Crippen molar-refractivity contribution in [2.45, 2.75) is 18.2 Å². The van der Waals surface area contributed by atoms with Crippen LogP contribution in [0.25, 0.3) is 0 Å². The van der Waals surface area contributed by atoms with E-state index in [1.807, 2.05) is 0 Å². The Morgan fingerprint density at radius 1 is 1.12 bits per heavy atom. The lowest BCUT2D eigenvalue weighted by Gasteiger charge is -2.17. The maximum absolute atomic E-state index is 10.3. The molecule has 0 spiro atoms. The normalized spacial score (nSPS) is 15.1. The third-order valence-electron chi connectivity index (χ3n) is 1.16. The van der Waals surface area contributed by atoms with Gasteiger partial charge in [0.25, 0.3) is 10.1 Å². The predicted octanol–water partition coefficient (Wildman–Crippen LogP) is -3.74. The van der Waals surface area contributed by atoms with Crippen LogP contribution in [0.5, 0.6) is 0 Å². The molecule has 16 heavy (non-hydrogen) atoms. The molecule has 0 saturated heterocycles. The molecule has 1 unspecified atom stereocenters. The molecule has 13 heteroatoms. The van der Waals surface area contributed by atoms with Crippen molar-refractivity contribution in [2.24, 2.45) is 0 Å². The van der Waals surface area contributed by atoms with Crippen LogP contribution in [0.2, 0.25) is 0 Å². The molecule has 0 fully saturated rings. The molecule has 0 saturated carbocycles. The van der Waals surface area contributed by atoms with Crippen molar-refractivity contribution >= 4 is 37.9 Å². The Bertz CT molecular complexity index is 383. The molecule has 9 nitrogen and oxygen atoms in total. The van der Waals surface area contributed by atoms with Gasteiger partial charge in [-0.15, -0.1) is 0 Å². The molecule has 100 valence electrons. The van der Waals surface area contributed by atoms with E-state index >= 15 is 0 Å². The Morgan fingerprint density at radius 3 is 1.38 bits per heavy atom. The molecule has 1 atom stereocenters. The fourth-order valence-corrected chi connectivity index (χ4v) is 3.25. The van der Waals surface area contributed by atoms with Crippen LogP contribution < -0.4 is 0 Å². The van der Waals surface area contributed by atoms with Crippen LogP contribution in [0.1, 0.15) is 13.3 Å². The van der Waals surface area contributed by atoms with E-state index in [0.717, 1.165) is 0 Å². The van der Waals surface area contributed by atoms with Crippen LogP contribution >= 0.6 is 0 Å². The van der Waals surface area contributed by atoms with E-state index < -0.39 is 33.4 Å². The summed E-state index contributed by atoms with van der Waals surface area (Å²) in [4.78, 5) is 23.7. The summed E-state index contributed by atoms with van der Waals surface area (Å²) in [5, 5.41) is 0. The number of hydrogen-bond acceptors (Lipinski definition) is 7. The summed E-state index contributed by atoms with van der Waals surface area (Å²) < 4.78 is 55.0. The van der Waals surface area contributed by atoms with Gasteiger partial charge in [0.2, 0.25) is 9.57 Å². The first-order valence-electron chi connectivity index (χ1n) is 3.75. The van der Waals surface area contributed by atoms with Gasteiger partial charge in [0, 0.05) is 0 Å². The first-order valence-corrected chi connectivity index (χ1v) is 11.5. The fraction of sp³-hybridized carbons (Fsp3) is 1.00. The standard InChI is InChI=1S/C3H10O6SSi.H4O3SSi/c1-2-3(10(4,5)6)11(7,8)9;1-4(2,3)5/h3,7-9H,2H2,1H3,(H,4,5,6);5H3,(H,1,2,3). The van der Waals surface area contributed by atoms with Crippen molar-refractivity contribution in [3.63, 3.8) is 0 Å². The minimum Gasteiger partial charge on any atom is -0.389 e. The molecule has 0 aliphatic carbocycles. The first kappa shape index (κ1) is 18.5. The summed E-state index contributed by atoms with van der Waals surface area (Å²) in [7, 11) is -13.0. The molecule has 0 rings (SSSR count). The summed E-state index contributed by atoms with van der Waals surface area (Å²) in [6, 6.07) is 0.